The fraction of sp³-hybridized carbons (Fsp3) is 0.806. The normalized spacial score (nSPS) is 32.2. The van der Waals surface area contributed by atoms with Gasteiger partial charge in [0.15, 0.2) is 0 Å². The van der Waals surface area contributed by atoms with Gasteiger partial charge in [0, 0.05) is 19.6 Å². The molecular weight excluding hydrogens is 646 g/mol. The Kier molecular flexibility index (Phi) is 14.1. The van der Waals surface area contributed by atoms with Crippen LogP contribution < -0.4 is 27.2 Å². The van der Waals surface area contributed by atoms with Gasteiger partial charge in [0.05, 0.1) is 44.3 Å². The Morgan fingerprint density at radius 2 is 1.68 bits per heavy atom. The van der Waals surface area contributed by atoms with E-state index in [1.54, 1.807) is 7.11 Å². The third kappa shape index (κ3) is 10.6. The molecule has 14 nitrogen and oxygen atoms in total. The molecule has 0 aromatic rings. The predicted molar refractivity (Wildman–Crippen MR) is 184 cm³/mol. The van der Waals surface area contributed by atoms with Crippen LogP contribution in [0, 0.1) is 17.8 Å². The summed E-state index contributed by atoms with van der Waals surface area (Å²) < 4.78 is 24.4. The molecule has 0 radical (unpaired) electrons. The molecular formula is C36H59N5O9. The first-order chi connectivity index (χ1) is 23.7. The van der Waals surface area contributed by atoms with Crippen LogP contribution in [-0.2, 0) is 42.9 Å². The molecule has 282 valence electrons. The molecule has 50 heavy (non-hydrogen) atoms. The van der Waals surface area contributed by atoms with Crippen LogP contribution in [-0.4, -0.2) is 104 Å². The first-order valence-corrected chi connectivity index (χ1v) is 18.2. The Morgan fingerprint density at radius 3 is 2.28 bits per heavy atom. The number of nitrogens with two attached hydrogens (primary N) is 1. The van der Waals surface area contributed by atoms with Crippen LogP contribution in [0.5, 0.6) is 0 Å². The van der Waals surface area contributed by atoms with Crippen LogP contribution in [0.25, 0.3) is 0 Å². The van der Waals surface area contributed by atoms with Crippen molar-refractivity contribution >= 4 is 29.4 Å². The van der Waals surface area contributed by atoms with E-state index in [2.05, 4.69) is 48.2 Å². The minimum Gasteiger partial charge on any atom is -0.460 e. The molecule has 14 heteroatoms. The number of methoxy groups -OCH3 is 1. The van der Waals surface area contributed by atoms with Gasteiger partial charge in [0.2, 0.25) is 23.4 Å². The number of hydrogen-bond donors (Lipinski definition) is 5. The van der Waals surface area contributed by atoms with Gasteiger partial charge in [0.25, 0.3) is 0 Å². The number of carbonyl (C=O) groups excluding carboxylic acids is 5. The van der Waals surface area contributed by atoms with E-state index in [-0.39, 0.29) is 72.7 Å². The van der Waals surface area contributed by atoms with E-state index in [0.717, 1.165) is 38.5 Å². The van der Waals surface area contributed by atoms with Crippen LogP contribution in [0.4, 0.5) is 0 Å². The van der Waals surface area contributed by atoms with Crippen molar-refractivity contribution in [3.63, 3.8) is 0 Å². The number of carbonyl (C=O) groups is 5. The average molecular weight is 706 g/mol. The number of allylic oxidation sites excluding steroid dienone is 1. The molecule has 2 heterocycles. The molecule has 2 saturated heterocycles. The number of epoxide rings is 2. The van der Waals surface area contributed by atoms with Crippen LogP contribution in [0.1, 0.15) is 92.4 Å². The summed E-state index contributed by atoms with van der Waals surface area (Å²) in [6.07, 6.45) is 7.74. The number of ether oxygens (including phenoxy) is 4. The molecule has 4 unspecified atom stereocenters. The number of nitrogens with one attached hydrogen (secondary N) is 4. The molecule has 2 aliphatic heterocycles. The van der Waals surface area contributed by atoms with Crippen molar-refractivity contribution < 1.29 is 42.9 Å². The Balaban J connectivity index is 1.13. The summed E-state index contributed by atoms with van der Waals surface area (Å²) in [7, 11) is 1.67. The van der Waals surface area contributed by atoms with E-state index in [1.807, 2.05) is 13.8 Å². The van der Waals surface area contributed by atoms with Gasteiger partial charge in [-0.3, -0.25) is 29.8 Å². The Labute approximate surface area is 296 Å². The zero-order chi connectivity index (χ0) is 36.6. The van der Waals surface area contributed by atoms with Gasteiger partial charge < -0.3 is 34.9 Å². The molecule has 2 amide bonds. The van der Waals surface area contributed by atoms with E-state index in [4.69, 9.17) is 24.8 Å². The molecule has 7 atom stereocenters. The van der Waals surface area contributed by atoms with Gasteiger partial charge >= 0.3 is 5.97 Å². The molecule has 1 spiro atoms. The van der Waals surface area contributed by atoms with Gasteiger partial charge in [0.1, 0.15) is 23.4 Å². The molecule has 0 aromatic heterocycles. The summed E-state index contributed by atoms with van der Waals surface area (Å²) >= 11 is 0. The molecule has 0 bridgehead atoms. The number of amides is 2. The van der Waals surface area contributed by atoms with Gasteiger partial charge in [-0.25, -0.2) is 5.43 Å². The number of rotatable bonds is 19. The minimum absolute atomic E-state index is 0.0243. The maximum Gasteiger partial charge on any atom is 0.306 e. The van der Waals surface area contributed by atoms with Crippen molar-refractivity contribution in [1.82, 2.24) is 21.4 Å². The molecule has 2 aliphatic carbocycles. The molecule has 4 fully saturated rings. The maximum atomic E-state index is 13.2. The minimum atomic E-state index is -0.764. The number of hydrogen-bond acceptors (Lipinski definition) is 12. The average Bonchev–Trinajstić information content (AvgIpc) is 3.99. The second-order valence-electron chi connectivity index (χ2n) is 15.4. The van der Waals surface area contributed by atoms with Crippen molar-refractivity contribution in [2.75, 3.05) is 33.4 Å². The zero-order valence-corrected chi connectivity index (χ0v) is 30.6. The maximum absolute atomic E-state index is 13.2. The zero-order valence-electron chi connectivity index (χ0n) is 30.6. The molecule has 2 saturated carbocycles. The van der Waals surface area contributed by atoms with Crippen LogP contribution in [0.15, 0.2) is 11.6 Å². The van der Waals surface area contributed by atoms with Crippen molar-refractivity contribution in [3.8, 4) is 0 Å². The van der Waals surface area contributed by atoms with E-state index in [1.165, 1.54) is 5.57 Å². The molecule has 4 aliphatic rings. The van der Waals surface area contributed by atoms with Gasteiger partial charge in [-0.05, 0) is 84.0 Å². The second-order valence-corrected chi connectivity index (χ2v) is 15.4. The summed E-state index contributed by atoms with van der Waals surface area (Å²) in [6.45, 7) is 9.97. The van der Waals surface area contributed by atoms with E-state index >= 15 is 0 Å². The van der Waals surface area contributed by atoms with E-state index in [9.17, 15) is 24.0 Å². The van der Waals surface area contributed by atoms with Gasteiger partial charge in [-0.15, -0.1) is 0 Å². The van der Waals surface area contributed by atoms with Crippen molar-refractivity contribution in [3.05, 3.63) is 11.6 Å². The fourth-order valence-corrected chi connectivity index (χ4v) is 7.81. The predicted octanol–water partition coefficient (Wildman–Crippen LogP) is 1.39. The standard InChI is InChI=1S/C36H59N5O9/c1-21(2)7-12-29-35(5,50-29)33-32(47-6)28(13-14-36(33)20-48-36)49-31(45)16-23-8-10-24(11-9-23)40-30(44)19-38-17-26(42)27(43)18-39-34(46)25(41-37)15-22(3)4/h7,22-25,28-29,32-33,38,41H,8-20,37H2,1-6H3,(H,39,46)(H,40,44)/t23?,24?,25-,28?,29+,32?,33?,35?,36-/m0/s1. The van der Waals surface area contributed by atoms with E-state index < -0.39 is 35.7 Å². The first kappa shape index (κ1) is 40.0. The molecule has 6 N–H and O–H groups in total. The smallest absolute Gasteiger partial charge is 0.306 e. The lowest BCUT2D eigenvalue weighted by Gasteiger charge is -2.42. The van der Waals surface area contributed by atoms with Crippen LogP contribution >= 0.6 is 0 Å². The largest absolute Gasteiger partial charge is 0.460 e. The lowest BCUT2D eigenvalue weighted by atomic mass is 9.68. The number of hydrazine groups is 1. The van der Waals surface area contributed by atoms with Crippen LogP contribution in [0.3, 0.4) is 0 Å². The number of ketones is 2. The highest BCUT2D eigenvalue weighted by Gasteiger charge is 2.72. The Morgan fingerprint density at radius 1 is 1.00 bits per heavy atom. The highest BCUT2D eigenvalue weighted by Crippen LogP contribution is 2.59. The number of Topliss-reactive ketones (excluding diaryl/α,β-unsaturated/α-hetero) is 2. The summed E-state index contributed by atoms with van der Waals surface area (Å²) in [5, 5.41) is 8.11. The Hall–Kier alpha value is -2.75. The highest BCUT2D eigenvalue weighted by atomic mass is 16.6. The fourth-order valence-electron chi connectivity index (χ4n) is 7.81. The lowest BCUT2D eigenvalue weighted by molar-refractivity contribution is -0.173. The summed E-state index contributed by atoms with van der Waals surface area (Å²) in [4.78, 5) is 62.2. The quantitative estimate of drug-likeness (QED) is 0.0323. The lowest BCUT2D eigenvalue weighted by Crippen LogP contribution is -2.55. The van der Waals surface area contributed by atoms with Crippen molar-refractivity contribution in [2.24, 2.45) is 23.6 Å². The van der Waals surface area contributed by atoms with Gasteiger partial charge in [-0.1, -0.05) is 25.5 Å². The topological polar surface area (TPSA) is 203 Å². The molecule has 0 aromatic carbocycles. The van der Waals surface area contributed by atoms with Gasteiger partial charge in [-0.2, -0.15) is 0 Å². The highest BCUT2D eigenvalue weighted by molar-refractivity contribution is 6.39. The SMILES string of the molecule is COC1C(OC(=O)CC2CCC(NC(=O)CNCC(=O)C(=O)CNC(=O)[C@H](CC(C)C)NN)CC2)CC[C@]2(CO2)C1C1(C)O[C@@H]1CC=C(C)C. The van der Waals surface area contributed by atoms with E-state index in [0.29, 0.717) is 25.9 Å². The summed E-state index contributed by atoms with van der Waals surface area (Å²) in [6, 6.07) is -0.699. The second kappa shape index (κ2) is 17.6. The third-order valence-corrected chi connectivity index (χ3v) is 10.7. The first-order valence-electron chi connectivity index (χ1n) is 18.2. The third-order valence-electron chi connectivity index (χ3n) is 10.7. The Bertz CT molecular complexity index is 1260. The summed E-state index contributed by atoms with van der Waals surface area (Å²) in [5.41, 5.74) is 3.00. The van der Waals surface area contributed by atoms with Crippen molar-refractivity contribution in [1.29, 1.82) is 0 Å². The summed E-state index contributed by atoms with van der Waals surface area (Å²) in [5.74, 6) is 3.31. The molecule has 4 rings (SSSR count). The van der Waals surface area contributed by atoms with Crippen LogP contribution in [0.2, 0.25) is 0 Å². The number of esters is 1. The monoisotopic (exact) mass is 705 g/mol. The van der Waals surface area contributed by atoms with Crippen molar-refractivity contribution in [2.45, 2.75) is 134 Å².